The van der Waals surface area contributed by atoms with Crippen LogP contribution >= 0.6 is 11.3 Å². The Labute approximate surface area is 276 Å². The average Bonchev–Trinajstić information content (AvgIpc) is 3.36. The van der Waals surface area contributed by atoms with Crippen LogP contribution in [0.3, 0.4) is 0 Å². The van der Waals surface area contributed by atoms with Gasteiger partial charge in [-0.2, -0.15) is 0 Å². The molecule has 2 aliphatic carbocycles. The van der Waals surface area contributed by atoms with Gasteiger partial charge in [-0.15, -0.1) is 21.5 Å². The van der Waals surface area contributed by atoms with Crippen LogP contribution in [-0.4, -0.2) is 57.5 Å². The average molecular weight is 670 g/mol. The fraction of sp³-hybridized carbons (Fsp3) is 0.471. The summed E-state index contributed by atoms with van der Waals surface area (Å²) in [6, 6.07) is 6.16. The number of rotatable bonds is 8. The largest absolute Gasteiger partial charge is 0.421 e. The van der Waals surface area contributed by atoms with E-state index in [0.717, 1.165) is 90.5 Å². The Balaban J connectivity index is 1.22. The predicted octanol–water partition coefficient (Wildman–Crippen LogP) is 6.25. The molecule has 5 aromatic heterocycles. The molecule has 0 radical (unpaired) electrons. The number of nitrogens with one attached hydrogen (secondary N) is 1. The number of aryl methyl sites for hydroxylation is 3. The van der Waals surface area contributed by atoms with E-state index < -0.39 is 9.84 Å². The molecule has 1 N–H and O–H groups in total. The molecule has 2 aliphatic heterocycles. The van der Waals surface area contributed by atoms with E-state index in [4.69, 9.17) is 14.1 Å². The maximum atomic E-state index is 14.2. The van der Waals surface area contributed by atoms with Gasteiger partial charge in [0.15, 0.2) is 9.84 Å². The van der Waals surface area contributed by atoms with Crippen molar-refractivity contribution in [1.82, 2.24) is 30.1 Å². The van der Waals surface area contributed by atoms with Gasteiger partial charge < -0.3 is 14.5 Å². The lowest BCUT2D eigenvalue weighted by Crippen LogP contribution is -2.17. The lowest BCUT2D eigenvalue weighted by molar-refractivity contribution is 0.0639. The molecule has 2 fully saturated rings. The molecule has 0 aromatic carbocycles. The Kier molecular flexibility index (Phi) is 7.13. The third kappa shape index (κ3) is 5.23. The molecule has 242 valence electrons. The minimum Gasteiger partial charge on any atom is -0.421 e. The van der Waals surface area contributed by atoms with Crippen LogP contribution in [0.2, 0.25) is 0 Å². The van der Waals surface area contributed by atoms with E-state index >= 15 is 0 Å². The zero-order chi connectivity index (χ0) is 31.7. The molecular formula is C34H35N7O4S2. The van der Waals surface area contributed by atoms with Crippen molar-refractivity contribution >= 4 is 37.2 Å². The number of ether oxygens (including phenoxy) is 1. The van der Waals surface area contributed by atoms with Gasteiger partial charge >= 0.3 is 0 Å². The maximum Gasteiger partial charge on any atom is 0.250 e. The maximum absolute atomic E-state index is 14.2. The van der Waals surface area contributed by atoms with E-state index in [1.165, 1.54) is 16.9 Å². The van der Waals surface area contributed by atoms with Crippen LogP contribution in [0.15, 0.2) is 40.0 Å². The summed E-state index contributed by atoms with van der Waals surface area (Å²) in [7, 11) is -3.63. The fourth-order valence-corrected chi connectivity index (χ4v) is 11.0. The second-order valence-electron chi connectivity index (χ2n) is 13.3. The first-order valence-electron chi connectivity index (χ1n) is 16.6. The number of thiophene rings is 1. The Morgan fingerprint density at radius 3 is 2.72 bits per heavy atom. The Morgan fingerprint density at radius 1 is 1.04 bits per heavy atom. The van der Waals surface area contributed by atoms with Gasteiger partial charge in [-0.25, -0.2) is 18.4 Å². The summed E-state index contributed by atoms with van der Waals surface area (Å²) in [5.74, 6) is 2.30. The summed E-state index contributed by atoms with van der Waals surface area (Å²) in [4.78, 5) is 20.2. The number of hydrogen-bond donors (Lipinski definition) is 1. The van der Waals surface area contributed by atoms with Crippen molar-refractivity contribution in [2.45, 2.75) is 75.1 Å². The van der Waals surface area contributed by atoms with Crippen LogP contribution in [0.25, 0.3) is 32.1 Å². The topological polar surface area (TPSA) is 146 Å². The fourth-order valence-electron chi connectivity index (χ4n) is 7.69. The highest BCUT2D eigenvalue weighted by Gasteiger charge is 2.47. The first-order valence-corrected chi connectivity index (χ1v) is 19.0. The number of pyridine rings is 2. The summed E-state index contributed by atoms with van der Waals surface area (Å²) in [5, 5.41) is 12.3. The molecule has 0 bridgehead atoms. The third-order valence-electron chi connectivity index (χ3n) is 10.2. The van der Waals surface area contributed by atoms with Crippen molar-refractivity contribution in [2.24, 2.45) is 11.8 Å². The van der Waals surface area contributed by atoms with Crippen LogP contribution in [0.1, 0.15) is 79.0 Å². The van der Waals surface area contributed by atoms with Crippen molar-refractivity contribution < 1.29 is 17.6 Å². The van der Waals surface area contributed by atoms with Crippen molar-refractivity contribution in [1.29, 1.82) is 0 Å². The monoisotopic (exact) mass is 669 g/mol. The lowest BCUT2D eigenvalue weighted by atomic mass is 9.90. The number of anilines is 1. The molecule has 1 saturated heterocycles. The highest BCUT2D eigenvalue weighted by atomic mass is 32.2. The summed E-state index contributed by atoms with van der Waals surface area (Å²) in [6.07, 6.45) is 10.9. The molecule has 5 aromatic rings. The van der Waals surface area contributed by atoms with E-state index in [9.17, 15) is 8.42 Å². The van der Waals surface area contributed by atoms with E-state index in [1.54, 1.807) is 13.3 Å². The first-order chi connectivity index (χ1) is 22.9. The number of fused-ring (bicyclic) bond motifs is 3. The van der Waals surface area contributed by atoms with E-state index in [-0.39, 0.29) is 17.7 Å². The van der Waals surface area contributed by atoms with E-state index in [1.807, 2.05) is 18.3 Å². The molecule has 1 unspecified atom stereocenters. The second kappa shape index (κ2) is 11.4. The third-order valence-corrected chi connectivity index (χ3v) is 13.2. The molecular weight excluding hydrogens is 635 g/mol. The van der Waals surface area contributed by atoms with Gasteiger partial charge in [0.25, 0.3) is 0 Å². The standard InChI is InChI=1S/C34H35N7O4S2/c1-18-40-41-34(45-18)28-25(7-4-19-10-13-44-14-11-19)38-30-22(20-5-6-20)16-47(42,43)32(30)29(28)27-15-26-31(46-27)33(37-17-36-26)39-24-9-8-23-21(24)3-2-12-35-23/h2-3,12,15,17,19-20,22,24H,4-11,13-14,16H2,1H3,(H,36,37,39)/t22?,24-/m0/s1. The molecule has 0 amide bonds. The summed E-state index contributed by atoms with van der Waals surface area (Å²) in [6.45, 7) is 3.29. The molecule has 4 aliphatic rings. The van der Waals surface area contributed by atoms with Crippen LogP contribution in [0.4, 0.5) is 5.82 Å². The van der Waals surface area contributed by atoms with Gasteiger partial charge in [-0.1, -0.05) is 6.07 Å². The minimum atomic E-state index is -3.63. The highest BCUT2D eigenvalue weighted by Crippen LogP contribution is 2.54. The van der Waals surface area contributed by atoms with Crippen molar-refractivity contribution in [3.05, 3.63) is 59.3 Å². The van der Waals surface area contributed by atoms with Gasteiger partial charge in [0.1, 0.15) is 12.1 Å². The molecule has 13 heteroatoms. The normalized spacial score (nSPS) is 22.1. The van der Waals surface area contributed by atoms with Gasteiger partial charge in [0.2, 0.25) is 11.8 Å². The van der Waals surface area contributed by atoms with Gasteiger partial charge in [-0.3, -0.25) is 9.97 Å². The van der Waals surface area contributed by atoms with Crippen LogP contribution < -0.4 is 5.32 Å². The Morgan fingerprint density at radius 2 is 1.91 bits per heavy atom. The SMILES string of the molecule is Cc1nnc(-c2c(CCC3CCOCC3)nc3c(c2-c2cc4ncnc(N[C@H]5CCc6ncccc65)c4s2)S(=O)(=O)CC3C2CC2)o1. The summed E-state index contributed by atoms with van der Waals surface area (Å²) < 4.78 is 40.9. The number of hydrogen-bond acceptors (Lipinski definition) is 12. The molecule has 7 heterocycles. The quantitative estimate of drug-likeness (QED) is 0.200. The molecule has 1 saturated carbocycles. The van der Waals surface area contributed by atoms with Crippen LogP contribution in [0, 0.1) is 18.8 Å². The molecule has 2 atom stereocenters. The summed E-state index contributed by atoms with van der Waals surface area (Å²) in [5.41, 5.74) is 5.83. The second-order valence-corrected chi connectivity index (χ2v) is 16.3. The number of nitrogens with zero attached hydrogens (tertiary/aromatic N) is 6. The molecule has 11 nitrogen and oxygen atoms in total. The number of sulfone groups is 1. The van der Waals surface area contributed by atoms with Crippen molar-refractivity contribution in [3.8, 4) is 21.9 Å². The number of aromatic nitrogens is 6. The van der Waals surface area contributed by atoms with Crippen LogP contribution in [0.5, 0.6) is 0 Å². The lowest BCUT2D eigenvalue weighted by Gasteiger charge is -2.23. The van der Waals surface area contributed by atoms with Gasteiger partial charge in [0, 0.05) is 48.4 Å². The predicted molar refractivity (Wildman–Crippen MR) is 177 cm³/mol. The van der Waals surface area contributed by atoms with Gasteiger partial charge in [-0.05, 0) is 80.9 Å². The zero-order valence-corrected chi connectivity index (χ0v) is 27.7. The Bertz CT molecular complexity index is 2120. The first kappa shape index (κ1) is 29.3. The van der Waals surface area contributed by atoms with Crippen molar-refractivity contribution in [3.63, 3.8) is 0 Å². The van der Waals surface area contributed by atoms with E-state index in [2.05, 4.69) is 36.5 Å². The highest BCUT2D eigenvalue weighted by molar-refractivity contribution is 7.92. The van der Waals surface area contributed by atoms with Gasteiger partial charge in [0.05, 0.1) is 43.9 Å². The minimum absolute atomic E-state index is 0.0842. The van der Waals surface area contributed by atoms with E-state index in [0.29, 0.717) is 51.8 Å². The zero-order valence-electron chi connectivity index (χ0n) is 26.1. The molecule has 0 spiro atoms. The van der Waals surface area contributed by atoms with Crippen molar-refractivity contribution in [2.75, 3.05) is 24.3 Å². The molecule has 47 heavy (non-hydrogen) atoms. The van der Waals surface area contributed by atoms with Crippen LogP contribution in [-0.2, 0) is 27.4 Å². The molecule has 9 rings (SSSR count). The Hall–Kier alpha value is -3.81. The smallest absolute Gasteiger partial charge is 0.250 e. The summed E-state index contributed by atoms with van der Waals surface area (Å²) >= 11 is 1.50.